The number of nitrogens with zero attached hydrogens (tertiary/aromatic N) is 1. The molecule has 0 spiro atoms. The number of imide groups is 1. The van der Waals surface area contributed by atoms with Crippen LogP contribution in [0.4, 0.5) is 4.39 Å². The molecule has 3 aliphatic rings. The predicted molar refractivity (Wildman–Crippen MR) is 117 cm³/mol. The third-order valence-corrected chi connectivity index (χ3v) is 7.06. The number of carbonyl (C=O) groups excluding carboxylic acids is 2. The Balaban J connectivity index is 1.53. The molecule has 2 fully saturated rings. The van der Waals surface area contributed by atoms with Gasteiger partial charge >= 0.3 is 0 Å². The summed E-state index contributed by atoms with van der Waals surface area (Å²) in [6.45, 7) is 2.33. The molecular formula is C25H30FNO5. The minimum absolute atomic E-state index is 0.134. The highest BCUT2D eigenvalue weighted by molar-refractivity contribution is 6.05. The van der Waals surface area contributed by atoms with Gasteiger partial charge in [-0.25, -0.2) is 4.39 Å². The number of likely N-dealkylation sites (tertiary alicyclic amines) is 1. The van der Waals surface area contributed by atoms with Crippen molar-refractivity contribution in [1.29, 1.82) is 0 Å². The number of phenolic OH excluding ortho intramolecular Hbond substituents is 1. The maximum atomic E-state index is 13.7. The van der Waals surface area contributed by atoms with Crippen LogP contribution < -0.4 is 0 Å². The first-order chi connectivity index (χ1) is 15.3. The van der Waals surface area contributed by atoms with Crippen molar-refractivity contribution in [3.63, 3.8) is 0 Å². The molecule has 2 N–H and O–H groups in total. The largest absolute Gasteiger partial charge is 0.505 e. The fourth-order valence-corrected chi connectivity index (χ4v) is 5.53. The number of fused-ring (bicyclic) bond motifs is 3. The van der Waals surface area contributed by atoms with Crippen molar-refractivity contribution in [3.05, 3.63) is 46.3 Å². The Morgan fingerprint density at radius 1 is 1.25 bits per heavy atom. The lowest BCUT2D eigenvalue weighted by Crippen LogP contribution is -2.34. The van der Waals surface area contributed by atoms with Crippen molar-refractivity contribution >= 4 is 17.9 Å². The Labute approximate surface area is 187 Å². The molecular weight excluding hydrogens is 413 g/mol. The second kappa shape index (κ2) is 9.16. The van der Waals surface area contributed by atoms with Crippen LogP contribution in [0.3, 0.4) is 0 Å². The van der Waals surface area contributed by atoms with E-state index in [2.05, 4.69) is 6.92 Å². The van der Waals surface area contributed by atoms with Gasteiger partial charge in [-0.15, -0.1) is 0 Å². The smallest absolute Gasteiger partial charge is 0.233 e. The Bertz CT molecular complexity index is 985. The predicted octanol–water partition coefficient (Wildman–Crippen LogP) is 3.43. The summed E-state index contributed by atoms with van der Waals surface area (Å²) in [5.41, 5.74) is 3.67. The lowest BCUT2D eigenvalue weighted by atomic mass is 9.69. The van der Waals surface area contributed by atoms with Gasteiger partial charge in [-0.05, 0) is 54.5 Å². The summed E-state index contributed by atoms with van der Waals surface area (Å²) in [6, 6.07) is 4.35. The van der Waals surface area contributed by atoms with Crippen LogP contribution >= 0.6 is 0 Å². The third kappa shape index (κ3) is 3.99. The first kappa shape index (κ1) is 22.7. The molecule has 2 saturated heterocycles. The Hall–Kier alpha value is -2.51. The van der Waals surface area contributed by atoms with E-state index in [1.807, 2.05) is 6.08 Å². The first-order valence-corrected chi connectivity index (χ1v) is 11.3. The highest BCUT2D eigenvalue weighted by Crippen LogP contribution is 2.49. The number of rotatable bonds is 7. The van der Waals surface area contributed by atoms with E-state index in [-0.39, 0.29) is 36.2 Å². The van der Waals surface area contributed by atoms with E-state index in [9.17, 15) is 24.2 Å². The molecule has 172 valence electrons. The molecule has 2 aliphatic heterocycles. The van der Waals surface area contributed by atoms with E-state index in [1.54, 1.807) is 6.07 Å². The van der Waals surface area contributed by atoms with Crippen LogP contribution in [-0.4, -0.2) is 53.3 Å². The maximum Gasteiger partial charge on any atom is 0.233 e. The minimum atomic E-state index is -0.646. The van der Waals surface area contributed by atoms with Gasteiger partial charge in [0.2, 0.25) is 11.8 Å². The fourth-order valence-electron chi connectivity index (χ4n) is 5.53. The number of halogens is 1. The normalized spacial score (nSPS) is 27.9. The monoisotopic (exact) mass is 443 g/mol. The van der Waals surface area contributed by atoms with E-state index >= 15 is 0 Å². The van der Waals surface area contributed by atoms with Crippen LogP contribution in [0.1, 0.15) is 44.6 Å². The third-order valence-electron chi connectivity index (χ3n) is 7.06. The molecule has 0 radical (unpaired) electrons. The summed E-state index contributed by atoms with van der Waals surface area (Å²) < 4.78 is 19.8. The fraction of sp³-hybridized carbons (Fsp3) is 0.520. The molecule has 2 amide bonds. The second-order valence-corrected chi connectivity index (χ2v) is 9.02. The molecule has 4 atom stereocenters. The van der Waals surface area contributed by atoms with Crippen molar-refractivity contribution in [1.82, 2.24) is 4.90 Å². The zero-order valence-corrected chi connectivity index (χ0v) is 18.5. The van der Waals surface area contributed by atoms with Crippen molar-refractivity contribution < 1.29 is 28.9 Å². The molecule has 0 aromatic heterocycles. The van der Waals surface area contributed by atoms with E-state index in [0.29, 0.717) is 25.0 Å². The summed E-state index contributed by atoms with van der Waals surface area (Å²) in [6.07, 6.45) is 5.38. The van der Waals surface area contributed by atoms with Crippen LogP contribution in [-0.2, 0) is 14.3 Å². The highest BCUT2D eigenvalue weighted by atomic mass is 19.1. The standard InChI is InChI=1S/C25H30FNO5/c1-3-4-14(9-15-5-7-20(29)19(26)10-15)6-8-21-22-16(12-28)11-17-23(18(22)13-32-21)25(31)27(2)24(17)30/h5,7,9-10,17-18,21,23,28-29H,3-4,6,8,11-13H2,1-2H3/b14-9+/t17-,18+,21-,23-/m1/s1. The van der Waals surface area contributed by atoms with Gasteiger partial charge in [-0.2, -0.15) is 0 Å². The van der Waals surface area contributed by atoms with Gasteiger partial charge < -0.3 is 14.9 Å². The number of benzene rings is 1. The number of aliphatic hydroxyl groups is 1. The van der Waals surface area contributed by atoms with Gasteiger partial charge in [-0.3, -0.25) is 14.5 Å². The van der Waals surface area contributed by atoms with E-state index in [1.165, 1.54) is 24.1 Å². The summed E-state index contributed by atoms with van der Waals surface area (Å²) in [5, 5.41) is 19.4. The molecule has 1 aromatic carbocycles. The molecule has 32 heavy (non-hydrogen) atoms. The molecule has 7 heteroatoms. The number of ether oxygens (including phenoxy) is 1. The van der Waals surface area contributed by atoms with Gasteiger partial charge in [0.15, 0.2) is 11.6 Å². The number of aromatic hydroxyl groups is 1. The average Bonchev–Trinajstić information content (AvgIpc) is 3.29. The number of carbonyl (C=O) groups is 2. The van der Waals surface area contributed by atoms with Crippen LogP contribution in [0.25, 0.3) is 6.08 Å². The Morgan fingerprint density at radius 3 is 2.72 bits per heavy atom. The Morgan fingerprint density at radius 2 is 2.03 bits per heavy atom. The zero-order chi connectivity index (χ0) is 23.0. The van der Waals surface area contributed by atoms with Crippen molar-refractivity contribution in [3.8, 4) is 5.75 Å². The SMILES string of the molecule is CCC/C(=C\c1ccc(O)c(F)c1)CC[C@H]1OC[C@H]2C1=C(CO)C[C@H]1C(=O)N(C)C(=O)[C@H]12. The number of aliphatic hydroxyl groups excluding tert-OH is 1. The molecule has 0 saturated carbocycles. The van der Waals surface area contributed by atoms with Crippen molar-refractivity contribution in [2.45, 2.75) is 45.1 Å². The molecule has 1 aromatic rings. The number of amides is 2. The van der Waals surface area contributed by atoms with Gasteiger partial charge in [0, 0.05) is 13.0 Å². The quantitative estimate of drug-likeness (QED) is 0.498. The van der Waals surface area contributed by atoms with Crippen LogP contribution in [0.15, 0.2) is 34.9 Å². The number of phenols is 1. The van der Waals surface area contributed by atoms with E-state index in [4.69, 9.17) is 4.74 Å². The zero-order valence-electron chi connectivity index (χ0n) is 18.5. The molecule has 1 aliphatic carbocycles. The first-order valence-electron chi connectivity index (χ1n) is 11.3. The van der Waals surface area contributed by atoms with Crippen LogP contribution in [0.2, 0.25) is 0 Å². The average molecular weight is 444 g/mol. The number of hydrogen-bond donors (Lipinski definition) is 2. The van der Waals surface area contributed by atoms with Crippen LogP contribution in [0.5, 0.6) is 5.75 Å². The minimum Gasteiger partial charge on any atom is -0.505 e. The van der Waals surface area contributed by atoms with E-state index in [0.717, 1.165) is 36.0 Å². The summed E-state index contributed by atoms with van der Waals surface area (Å²) >= 11 is 0. The van der Waals surface area contributed by atoms with Gasteiger partial charge in [0.05, 0.1) is 31.2 Å². The molecule has 4 rings (SSSR count). The topological polar surface area (TPSA) is 87.1 Å². The van der Waals surface area contributed by atoms with Crippen molar-refractivity contribution in [2.24, 2.45) is 17.8 Å². The lowest BCUT2D eigenvalue weighted by Gasteiger charge is -2.31. The summed E-state index contributed by atoms with van der Waals surface area (Å²) in [4.78, 5) is 26.4. The van der Waals surface area contributed by atoms with E-state index < -0.39 is 17.7 Å². The lowest BCUT2D eigenvalue weighted by molar-refractivity contribution is -0.138. The summed E-state index contributed by atoms with van der Waals surface area (Å²) in [5.74, 6) is -2.28. The number of hydrogen-bond acceptors (Lipinski definition) is 5. The van der Waals surface area contributed by atoms with Gasteiger partial charge in [0.1, 0.15) is 0 Å². The van der Waals surface area contributed by atoms with Crippen LogP contribution in [0, 0.1) is 23.6 Å². The molecule has 0 bridgehead atoms. The highest BCUT2D eigenvalue weighted by Gasteiger charge is 2.55. The molecule has 2 heterocycles. The van der Waals surface area contributed by atoms with Crippen molar-refractivity contribution in [2.75, 3.05) is 20.3 Å². The summed E-state index contributed by atoms with van der Waals surface area (Å²) in [7, 11) is 1.53. The Kier molecular flexibility index (Phi) is 6.49. The number of allylic oxidation sites excluding steroid dienone is 1. The van der Waals surface area contributed by atoms with Gasteiger partial charge in [-0.1, -0.05) is 31.1 Å². The van der Waals surface area contributed by atoms with Gasteiger partial charge in [0.25, 0.3) is 0 Å². The maximum absolute atomic E-state index is 13.7. The molecule has 6 nitrogen and oxygen atoms in total. The second-order valence-electron chi connectivity index (χ2n) is 9.02. The molecule has 0 unspecified atom stereocenters.